The summed E-state index contributed by atoms with van der Waals surface area (Å²) in [6.07, 6.45) is 0.946. The summed E-state index contributed by atoms with van der Waals surface area (Å²) in [6, 6.07) is 17.9. The van der Waals surface area contributed by atoms with Crippen LogP contribution in [0, 0.1) is 0 Å². The summed E-state index contributed by atoms with van der Waals surface area (Å²) in [5, 5.41) is 1.95. The van der Waals surface area contributed by atoms with E-state index in [-0.39, 0.29) is 4.90 Å². The van der Waals surface area contributed by atoms with Crippen LogP contribution in [-0.4, -0.2) is 15.5 Å². The second-order valence-electron chi connectivity index (χ2n) is 5.84. The number of aryl methyl sites for hydroxylation is 1. The van der Waals surface area contributed by atoms with Crippen molar-refractivity contribution in [3.05, 3.63) is 82.0 Å². The number of rotatable bonds is 7. The van der Waals surface area contributed by atoms with E-state index in [1.165, 1.54) is 16.9 Å². The molecule has 0 radical (unpaired) electrons. The summed E-state index contributed by atoms with van der Waals surface area (Å²) in [6.45, 7) is 2.10. The first-order valence-corrected chi connectivity index (χ1v) is 10.7. The van der Waals surface area contributed by atoms with Crippen LogP contribution in [-0.2, 0) is 16.4 Å². The minimum absolute atomic E-state index is 0.213. The molecule has 1 atom stereocenters. The fraction of sp³-hybridized carbons (Fsp3) is 0.200. The third-order valence-corrected chi connectivity index (χ3v) is 6.57. The number of hydrogen-bond acceptors (Lipinski definition) is 4. The van der Waals surface area contributed by atoms with Gasteiger partial charge in [-0.3, -0.25) is 0 Å². The van der Waals surface area contributed by atoms with Crippen LogP contribution in [0.5, 0.6) is 5.75 Å². The number of thiophene rings is 1. The maximum atomic E-state index is 12.9. The second-order valence-corrected chi connectivity index (χ2v) is 8.53. The zero-order valence-corrected chi connectivity index (χ0v) is 16.3. The first-order valence-electron chi connectivity index (χ1n) is 8.32. The van der Waals surface area contributed by atoms with E-state index in [0.717, 1.165) is 16.9 Å². The molecule has 0 fully saturated rings. The largest absolute Gasteiger partial charge is 0.497 e. The highest BCUT2D eigenvalue weighted by Gasteiger charge is 2.23. The van der Waals surface area contributed by atoms with Gasteiger partial charge in [-0.05, 0) is 53.3 Å². The molecule has 1 heterocycles. The monoisotopic (exact) mass is 387 g/mol. The Morgan fingerprint density at radius 3 is 2.27 bits per heavy atom. The van der Waals surface area contributed by atoms with E-state index in [1.807, 2.05) is 41.8 Å². The Morgan fingerprint density at radius 1 is 1.04 bits per heavy atom. The van der Waals surface area contributed by atoms with Gasteiger partial charge >= 0.3 is 0 Å². The van der Waals surface area contributed by atoms with Gasteiger partial charge in [0.15, 0.2) is 0 Å². The number of methoxy groups -OCH3 is 1. The third kappa shape index (κ3) is 4.15. The molecule has 136 valence electrons. The zero-order valence-electron chi connectivity index (χ0n) is 14.7. The van der Waals surface area contributed by atoms with Gasteiger partial charge in [0.2, 0.25) is 10.0 Å². The van der Waals surface area contributed by atoms with Crippen molar-refractivity contribution in [1.82, 2.24) is 4.72 Å². The molecule has 1 aromatic heterocycles. The molecule has 0 saturated heterocycles. The van der Waals surface area contributed by atoms with Crippen LogP contribution in [0.25, 0.3) is 0 Å². The average Bonchev–Trinajstić information content (AvgIpc) is 3.21. The smallest absolute Gasteiger partial charge is 0.241 e. The molecule has 0 aliphatic rings. The molecule has 0 bridgehead atoms. The molecule has 0 saturated carbocycles. The molecule has 0 amide bonds. The number of benzene rings is 2. The lowest BCUT2D eigenvalue weighted by Gasteiger charge is -2.19. The molecule has 0 unspecified atom stereocenters. The predicted molar refractivity (Wildman–Crippen MR) is 105 cm³/mol. The van der Waals surface area contributed by atoms with Crippen molar-refractivity contribution >= 4 is 21.4 Å². The Bertz CT molecular complexity index is 932. The third-order valence-electron chi connectivity index (χ3n) is 4.19. The molecular weight excluding hydrogens is 366 g/mol. The summed E-state index contributed by atoms with van der Waals surface area (Å²) in [5.74, 6) is 0.619. The van der Waals surface area contributed by atoms with Gasteiger partial charge in [-0.1, -0.05) is 37.3 Å². The van der Waals surface area contributed by atoms with E-state index >= 15 is 0 Å². The molecule has 6 heteroatoms. The summed E-state index contributed by atoms with van der Waals surface area (Å²) in [4.78, 5) is 1.16. The molecule has 0 aliphatic heterocycles. The Labute approximate surface area is 158 Å². The summed E-state index contributed by atoms with van der Waals surface area (Å²) in [7, 11) is -2.12. The highest BCUT2D eigenvalue weighted by Crippen LogP contribution is 2.28. The van der Waals surface area contributed by atoms with Gasteiger partial charge in [-0.2, -0.15) is 4.72 Å². The van der Waals surface area contributed by atoms with Gasteiger partial charge < -0.3 is 4.74 Å². The van der Waals surface area contributed by atoms with E-state index in [0.29, 0.717) is 5.75 Å². The van der Waals surface area contributed by atoms with Crippen molar-refractivity contribution in [3.63, 3.8) is 0 Å². The molecule has 1 N–H and O–H groups in total. The molecule has 26 heavy (non-hydrogen) atoms. The predicted octanol–water partition coefficient (Wildman–Crippen LogP) is 4.39. The summed E-state index contributed by atoms with van der Waals surface area (Å²) in [5.41, 5.74) is 2.14. The first kappa shape index (κ1) is 18.6. The van der Waals surface area contributed by atoms with Gasteiger partial charge in [0, 0.05) is 4.88 Å². The van der Waals surface area contributed by atoms with Crippen LogP contribution in [0.1, 0.15) is 29.0 Å². The van der Waals surface area contributed by atoms with Crippen molar-refractivity contribution in [3.8, 4) is 5.75 Å². The highest BCUT2D eigenvalue weighted by atomic mass is 32.2. The Balaban J connectivity index is 1.94. The SMILES string of the molecule is CCc1ccc([C@H](NS(=O)(=O)c2ccc(OC)cc2)c2cccs2)cc1. The van der Waals surface area contributed by atoms with Gasteiger partial charge in [-0.25, -0.2) is 8.42 Å². The molecule has 0 aliphatic carbocycles. The fourth-order valence-electron chi connectivity index (χ4n) is 2.67. The number of nitrogens with one attached hydrogen (secondary N) is 1. The lowest BCUT2D eigenvalue weighted by Crippen LogP contribution is -2.29. The minimum atomic E-state index is -3.67. The van der Waals surface area contributed by atoms with Crippen LogP contribution in [0.2, 0.25) is 0 Å². The first-order chi connectivity index (χ1) is 12.5. The maximum Gasteiger partial charge on any atom is 0.241 e. The van der Waals surface area contributed by atoms with E-state index in [1.54, 1.807) is 31.4 Å². The zero-order chi connectivity index (χ0) is 18.6. The molecule has 3 aromatic rings. The van der Waals surface area contributed by atoms with Crippen molar-refractivity contribution in [2.24, 2.45) is 0 Å². The van der Waals surface area contributed by atoms with Gasteiger partial charge in [0.25, 0.3) is 0 Å². The Hall–Kier alpha value is -2.15. The van der Waals surface area contributed by atoms with Crippen molar-refractivity contribution in [2.75, 3.05) is 7.11 Å². The molecular formula is C20H21NO3S2. The molecule has 4 nitrogen and oxygen atoms in total. The quantitative estimate of drug-likeness (QED) is 0.654. The minimum Gasteiger partial charge on any atom is -0.497 e. The normalized spacial score (nSPS) is 12.7. The Kier molecular flexibility index (Phi) is 5.76. The van der Waals surface area contributed by atoms with Gasteiger partial charge in [0.1, 0.15) is 5.75 Å². The van der Waals surface area contributed by atoms with Crippen molar-refractivity contribution in [1.29, 1.82) is 0 Å². The van der Waals surface area contributed by atoms with Crippen molar-refractivity contribution < 1.29 is 13.2 Å². The lowest BCUT2D eigenvalue weighted by molar-refractivity contribution is 0.414. The van der Waals surface area contributed by atoms with Crippen molar-refractivity contribution in [2.45, 2.75) is 24.3 Å². The van der Waals surface area contributed by atoms with E-state index in [4.69, 9.17) is 4.74 Å². The second kappa shape index (κ2) is 8.03. The van der Waals surface area contributed by atoms with Crippen LogP contribution < -0.4 is 9.46 Å². The molecule has 3 rings (SSSR count). The summed E-state index contributed by atoms with van der Waals surface area (Å²) < 4.78 is 33.7. The molecule has 0 spiro atoms. The topological polar surface area (TPSA) is 55.4 Å². The van der Waals surface area contributed by atoms with Gasteiger partial charge in [0.05, 0.1) is 18.0 Å². The van der Waals surface area contributed by atoms with E-state index < -0.39 is 16.1 Å². The summed E-state index contributed by atoms with van der Waals surface area (Å²) >= 11 is 1.53. The maximum absolute atomic E-state index is 12.9. The number of hydrogen-bond donors (Lipinski definition) is 1. The van der Waals surface area contributed by atoms with E-state index in [2.05, 4.69) is 11.6 Å². The van der Waals surface area contributed by atoms with Crippen LogP contribution >= 0.6 is 11.3 Å². The molecule has 2 aromatic carbocycles. The van der Waals surface area contributed by atoms with Gasteiger partial charge in [-0.15, -0.1) is 11.3 Å². The van der Waals surface area contributed by atoms with Crippen LogP contribution in [0.15, 0.2) is 70.9 Å². The van der Waals surface area contributed by atoms with Crippen LogP contribution in [0.4, 0.5) is 0 Å². The average molecular weight is 388 g/mol. The Morgan fingerprint density at radius 2 is 1.73 bits per heavy atom. The number of sulfonamides is 1. The highest BCUT2D eigenvalue weighted by molar-refractivity contribution is 7.89. The number of ether oxygens (including phenoxy) is 1. The lowest BCUT2D eigenvalue weighted by atomic mass is 10.0. The standard InChI is InChI=1S/C20H21NO3S2/c1-3-15-6-8-16(9-7-15)20(19-5-4-14-25-19)21-26(22,23)18-12-10-17(24-2)11-13-18/h4-14,20-21H,3H2,1-2H3/t20-/m0/s1. The van der Waals surface area contributed by atoms with Crippen LogP contribution in [0.3, 0.4) is 0 Å². The van der Waals surface area contributed by atoms with E-state index in [9.17, 15) is 8.42 Å². The fourth-order valence-corrected chi connectivity index (χ4v) is 4.75.